The molecule has 7 rings (SSSR count). The molecule has 0 spiro atoms. The largest absolute Gasteiger partial charge is 0.416 e. The topological polar surface area (TPSA) is 40.6 Å². The van der Waals surface area contributed by atoms with Gasteiger partial charge in [0.05, 0.1) is 39.7 Å². The van der Waals surface area contributed by atoms with Crippen LogP contribution in [0.1, 0.15) is 37.8 Å². The molecule has 2 unspecified atom stereocenters. The molecule has 0 radical (unpaired) electrons. The van der Waals surface area contributed by atoms with E-state index in [1.54, 1.807) is 24.3 Å². The third-order valence-corrected chi connectivity index (χ3v) is 8.19. The molecule has 0 saturated heterocycles. The van der Waals surface area contributed by atoms with E-state index in [2.05, 4.69) is 0 Å². The molecule has 2 atom stereocenters. The predicted molar refractivity (Wildman–Crippen MR) is 153 cm³/mol. The fraction of sp³-hybridized carbons (Fsp3) is 0.118. The highest BCUT2D eigenvalue weighted by Crippen LogP contribution is 2.52. The number of rotatable bonds is 3. The zero-order valence-corrected chi connectivity index (χ0v) is 22.5. The predicted octanol–water partition coefficient (Wildman–Crippen LogP) is 8.84. The Bertz CT molecular complexity index is 1910. The average molecular weight is 603 g/mol. The van der Waals surface area contributed by atoms with E-state index in [0.717, 1.165) is 34.7 Å². The van der Waals surface area contributed by atoms with Gasteiger partial charge in [0.15, 0.2) is 0 Å². The Labute approximate surface area is 247 Å². The Balaban J connectivity index is 1.41. The van der Waals surface area contributed by atoms with Crippen molar-refractivity contribution in [1.82, 2.24) is 0 Å². The molecule has 4 aromatic carbocycles. The van der Waals surface area contributed by atoms with Crippen LogP contribution in [0.2, 0.25) is 0 Å². The number of allylic oxidation sites excluding steroid dienone is 2. The van der Waals surface area contributed by atoms with Gasteiger partial charge < -0.3 is 4.90 Å². The molecule has 4 aromatic rings. The number of halogens is 6. The van der Waals surface area contributed by atoms with Crippen molar-refractivity contribution in [3.63, 3.8) is 0 Å². The first kappa shape index (κ1) is 27.7. The van der Waals surface area contributed by atoms with E-state index in [-0.39, 0.29) is 22.5 Å². The van der Waals surface area contributed by atoms with Crippen molar-refractivity contribution in [2.24, 2.45) is 0 Å². The highest BCUT2D eigenvalue weighted by atomic mass is 19.4. The number of benzene rings is 4. The lowest BCUT2D eigenvalue weighted by Gasteiger charge is -2.31. The minimum Gasteiger partial charge on any atom is -0.333 e. The number of anilines is 3. The summed E-state index contributed by atoms with van der Waals surface area (Å²) in [5, 5.41) is 0. The quantitative estimate of drug-likeness (QED) is 0.174. The zero-order chi connectivity index (χ0) is 31.0. The number of imide groups is 1. The summed E-state index contributed by atoms with van der Waals surface area (Å²) in [6.45, 7) is 0. The van der Waals surface area contributed by atoms with Crippen molar-refractivity contribution in [3.05, 3.63) is 137 Å². The fourth-order valence-electron chi connectivity index (χ4n) is 6.26. The van der Waals surface area contributed by atoms with Crippen molar-refractivity contribution >= 4 is 28.9 Å². The maximum absolute atomic E-state index is 14.2. The molecule has 0 saturated carbocycles. The van der Waals surface area contributed by atoms with E-state index < -0.39 is 47.3 Å². The Morgan fingerprint density at radius 1 is 0.636 bits per heavy atom. The molecule has 0 fully saturated rings. The van der Waals surface area contributed by atoms with Crippen molar-refractivity contribution in [2.45, 2.75) is 24.3 Å². The number of hydrogen-bond acceptors (Lipinski definition) is 3. The molecule has 0 bridgehead atoms. The third kappa shape index (κ3) is 4.24. The van der Waals surface area contributed by atoms with Gasteiger partial charge in [-0.2, -0.15) is 26.3 Å². The summed E-state index contributed by atoms with van der Waals surface area (Å²) in [6.07, 6.45) is -6.24. The molecule has 10 heteroatoms. The van der Waals surface area contributed by atoms with Crippen LogP contribution in [0.15, 0.2) is 115 Å². The lowest BCUT2D eigenvalue weighted by Crippen LogP contribution is -2.33. The number of carbonyl (C=O) groups is 2. The lowest BCUT2D eigenvalue weighted by atomic mass is 9.88. The summed E-state index contributed by atoms with van der Waals surface area (Å²) in [7, 11) is 0. The fourth-order valence-corrected chi connectivity index (χ4v) is 6.26. The number of nitrogens with zero attached hydrogens (tertiary/aromatic N) is 2. The van der Waals surface area contributed by atoms with Gasteiger partial charge >= 0.3 is 12.4 Å². The minimum absolute atomic E-state index is 0.00119. The Kier molecular flexibility index (Phi) is 6.11. The van der Waals surface area contributed by atoms with Crippen molar-refractivity contribution < 1.29 is 35.9 Å². The van der Waals surface area contributed by atoms with E-state index in [1.165, 1.54) is 35.2 Å². The van der Waals surface area contributed by atoms with E-state index in [4.69, 9.17) is 0 Å². The van der Waals surface area contributed by atoms with E-state index in [9.17, 15) is 35.9 Å². The Morgan fingerprint density at radius 3 is 2.05 bits per heavy atom. The Hall–Kier alpha value is -5.12. The maximum Gasteiger partial charge on any atom is 0.416 e. The van der Waals surface area contributed by atoms with Crippen LogP contribution < -0.4 is 9.80 Å². The lowest BCUT2D eigenvalue weighted by molar-refractivity contribution is -0.137. The van der Waals surface area contributed by atoms with Crippen molar-refractivity contribution in [1.29, 1.82) is 0 Å². The summed E-state index contributed by atoms with van der Waals surface area (Å²) in [5.41, 5.74) is 0.0260. The number of carbonyl (C=O) groups excluding carboxylic acids is 2. The normalized spacial score (nSPS) is 19.2. The van der Waals surface area contributed by atoms with Crippen LogP contribution in [-0.4, -0.2) is 24.0 Å². The number of hydrogen-bond donors (Lipinski definition) is 0. The minimum atomic E-state index is -4.72. The first-order chi connectivity index (χ1) is 20.9. The molecule has 0 aromatic heterocycles. The van der Waals surface area contributed by atoms with E-state index >= 15 is 0 Å². The standard InChI is InChI=1S/C34H20F6N2O2/c35-33(36,37)20-13-15-23-24-16-14-21(34(38,39)40)18-29(24)41(28(23)17-20)27-12-6-10-25-30(27)32(44)42(31(25)43)26-11-5-4-9-22(26)19-7-2-1-3-8-19/h1-18,23,28H. The van der Waals surface area contributed by atoms with Crippen molar-refractivity contribution in [3.8, 4) is 11.1 Å². The van der Waals surface area contributed by atoms with Crippen LogP contribution in [0.25, 0.3) is 11.1 Å². The van der Waals surface area contributed by atoms with Gasteiger partial charge in [-0.1, -0.05) is 72.8 Å². The van der Waals surface area contributed by atoms with E-state index in [0.29, 0.717) is 16.8 Å². The van der Waals surface area contributed by atoms with Crippen LogP contribution in [0, 0.1) is 0 Å². The highest BCUT2D eigenvalue weighted by molar-refractivity contribution is 6.37. The smallest absolute Gasteiger partial charge is 0.333 e. The number of amides is 2. The van der Waals surface area contributed by atoms with E-state index in [1.807, 2.05) is 30.3 Å². The molecular formula is C34H20F6N2O2. The number of para-hydroxylation sites is 1. The molecule has 220 valence electrons. The molecule has 0 N–H and O–H groups in total. The van der Waals surface area contributed by atoms with Gasteiger partial charge in [-0.3, -0.25) is 9.59 Å². The molecular weight excluding hydrogens is 582 g/mol. The van der Waals surface area contributed by atoms with Gasteiger partial charge in [-0.15, -0.1) is 0 Å². The maximum atomic E-state index is 14.2. The van der Waals surface area contributed by atoms with Gasteiger partial charge in [-0.25, -0.2) is 4.90 Å². The van der Waals surface area contributed by atoms with Crippen LogP contribution >= 0.6 is 0 Å². The second-order valence-corrected chi connectivity index (χ2v) is 10.7. The van der Waals surface area contributed by atoms with Crippen molar-refractivity contribution in [2.75, 3.05) is 9.80 Å². The monoisotopic (exact) mass is 602 g/mol. The van der Waals surface area contributed by atoms with Crippen LogP contribution in [-0.2, 0) is 6.18 Å². The second-order valence-electron chi connectivity index (χ2n) is 10.7. The highest BCUT2D eigenvalue weighted by Gasteiger charge is 2.47. The third-order valence-electron chi connectivity index (χ3n) is 8.19. The van der Waals surface area contributed by atoms with Gasteiger partial charge in [0.2, 0.25) is 0 Å². The Morgan fingerprint density at radius 2 is 1.32 bits per heavy atom. The molecule has 44 heavy (non-hydrogen) atoms. The summed E-state index contributed by atoms with van der Waals surface area (Å²) >= 11 is 0. The first-order valence-corrected chi connectivity index (χ1v) is 13.6. The van der Waals surface area contributed by atoms with Gasteiger partial charge in [0, 0.05) is 17.2 Å². The van der Waals surface area contributed by atoms with Gasteiger partial charge in [-0.05, 0) is 47.5 Å². The second kappa shape index (κ2) is 9.70. The van der Waals surface area contributed by atoms with Crippen LogP contribution in [0.3, 0.4) is 0 Å². The van der Waals surface area contributed by atoms with Gasteiger partial charge in [0.1, 0.15) is 0 Å². The summed E-state index contributed by atoms with van der Waals surface area (Å²) < 4.78 is 83.0. The summed E-state index contributed by atoms with van der Waals surface area (Å²) in [4.78, 5) is 30.3. The summed E-state index contributed by atoms with van der Waals surface area (Å²) in [5.74, 6) is -2.10. The molecule has 3 aliphatic rings. The zero-order valence-electron chi connectivity index (χ0n) is 22.5. The molecule has 4 nitrogen and oxygen atoms in total. The van der Waals surface area contributed by atoms with Gasteiger partial charge in [0.25, 0.3) is 11.8 Å². The molecule has 2 amide bonds. The summed E-state index contributed by atoms with van der Waals surface area (Å²) in [6, 6.07) is 22.2. The average Bonchev–Trinajstić information content (AvgIpc) is 3.46. The number of alkyl halides is 6. The molecule has 2 heterocycles. The SMILES string of the molecule is O=C1c2cccc(N3c4cc(C(F)(F)F)ccc4C4C=CC(C(F)(F)F)=CC43)c2C(=O)N1c1ccccc1-c1ccccc1. The first-order valence-electron chi connectivity index (χ1n) is 13.6. The molecule has 1 aliphatic carbocycles. The number of fused-ring (bicyclic) bond motifs is 4. The van der Waals surface area contributed by atoms with Crippen LogP contribution in [0.4, 0.5) is 43.4 Å². The van der Waals surface area contributed by atoms with Crippen LogP contribution in [0.5, 0.6) is 0 Å². The molecule has 2 aliphatic heterocycles.